The van der Waals surface area contributed by atoms with Crippen molar-refractivity contribution in [2.45, 2.75) is 245 Å². The second kappa shape index (κ2) is 38.1. The van der Waals surface area contributed by atoms with Crippen molar-refractivity contribution in [2.75, 3.05) is 0 Å². The number of hydrogen-bond acceptors (Lipinski definition) is 3. The fourth-order valence-electron chi connectivity index (χ4n) is 6.43. The topological polar surface area (TPSA) is 63.6 Å². The summed E-state index contributed by atoms with van der Waals surface area (Å²) in [5.41, 5.74) is 0. The van der Waals surface area contributed by atoms with Gasteiger partial charge in [0.05, 0.1) is 6.42 Å². The lowest BCUT2D eigenvalue weighted by atomic mass is 10.0. The number of ether oxygens (including phenoxy) is 1. The summed E-state index contributed by atoms with van der Waals surface area (Å²) >= 11 is 0. The summed E-state index contributed by atoms with van der Waals surface area (Å²) in [5, 5.41) is 9.26. The quantitative estimate of drug-likeness (QED) is 0.0411. The Balaban J connectivity index is 3.57. The van der Waals surface area contributed by atoms with E-state index in [1.165, 1.54) is 180 Å². The molecule has 272 valence electrons. The first-order chi connectivity index (χ1) is 22.6. The van der Waals surface area contributed by atoms with Crippen LogP contribution < -0.4 is 0 Å². The minimum absolute atomic E-state index is 0.0691. The van der Waals surface area contributed by atoms with Crippen LogP contribution in [0, 0.1) is 0 Å². The fraction of sp³-hybridized carbons (Fsp3) is 0.905. The molecule has 0 spiro atoms. The third kappa shape index (κ3) is 37.1. The highest BCUT2D eigenvalue weighted by Crippen LogP contribution is 2.17. The van der Waals surface area contributed by atoms with Gasteiger partial charge in [-0.25, -0.2) is 0 Å². The molecule has 0 aromatic heterocycles. The van der Waals surface area contributed by atoms with E-state index in [2.05, 4.69) is 26.0 Å². The largest absolute Gasteiger partial charge is 0.481 e. The Kier molecular flexibility index (Phi) is 37.0. The van der Waals surface area contributed by atoms with E-state index in [0.717, 1.165) is 25.7 Å². The molecule has 0 aromatic carbocycles. The maximum atomic E-state index is 12.4. The van der Waals surface area contributed by atoms with E-state index in [-0.39, 0.29) is 12.4 Å². The molecule has 0 aliphatic heterocycles. The molecule has 0 aromatic rings. The first-order valence-electron chi connectivity index (χ1n) is 20.7. The molecule has 0 radical (unpaired) electrons. The Hall–Kier alpha value is -1.32. The van der Waals surface area contributed by atoms with Gasteiger partial charge in [0.25, 0.3) is 0 Å². The van der Waals surface area contributed by atoms with Gasteiger partial charge in [-0.05, 0) is 44.9 Å². The van der Waals surface area contributed by atoms with Crippen molar-refractivity contribution < 1.29 is 19.4 Å². The molecule has 0 rings (SSSR count). The number of carboxylic acids is 1. The molecule has 46 heavy (non-hydrogen) atoms. The van der Waals surface area contributed by atoms with Crippen LogP contribution in [0.1, 0.15) is 239 Å². The molecule has 0 saturated heterocycles. The molecule has 0 aliphatic rings. The van der Waals surface area contributed by atoms with Crippen molar-refractivity contribution in [3.05, 3.63) is 12.2 Å². The number of rotatable bonds is 38. The number of allylic oxidation sites excluding steroid dienone is 2. The van der Waals surface area contributed by atoms with Crippen molar-refractivity contribution in [1.29, 1.82) is 0 Å². The molecular formula is C42H80O4. The molecule has 1 N–H and O–H groups in total. The summed E-state index contributed by atoms with van der Waals surface area (Å²) < 4.78 is 5.59. The SMILES string of the molecule is CCCCCCCC/C=C\CCCCCCCCCCCCCC(=O)OC(CCCCCCCCCCCCCCC)CC(=O)O. The van der Waals surface area contributed by atoms with Gasteiger partial charge in [-0.2, -0.15) is 0 Å². The number of hydrogen-bond donors (Lipinski definition) is 1. The monoisotopic (exact) mass is 649 g/mol. The van der Waals surface area contributed by atoms with Crippen molar-refractivity contribution in [3.8, 4) is 0 Å². The molecule has 0 saturated carbocycles. The van der Waals surface area contributed by atoms with Crippen LogP contribution in [0.15, 0.2) is 12.2 Å². The van der Waals surface area contributed by atoms with Gasteiger partial charge < -0.3 is 9.84 Å². The first-order valence-corrected chi connectivity index (χ1v) is 20.7. The molecule has 0 heterocycles. The van der Waals surface area contributed by atoms with E-state index < -0.39 is 12.1 Å². The summed E-state index contributed by atoms with van der Waals surface area (Å²) in [6.45, 7) is 4.54. The van der Waals surface area contributed by atoms with E-state index in [1.807, 2.05) is 0 Å². The number of esters is 1. The van der Waals surface area contributed by atoms with Gasteiger partial charge >= 0.3 is 11.9 Å². The Morgan fingerprint density at radius 2 is 0.804 bits per heavy atom. The lowest BCUT2D eigenvalue weighted by molar-refractivity contribution is -0.153. The predicted octanol–water partition coefficient (Wildman–Crippen LogP) is 14.2. The van der Waals surface area contributed by atoms with Gasteiger partial charge in [0.15, 0.2) is 0 Å². The lowest BCUT2D eigenvalue weighted by Gasteiger charge is -2.16. The maximum Gasteiger partial charge on any atom is 0.307 e. The van der Waals surface area contributed by atoms with Gasteiger partial charge in [0, 0.05) is 6.42 Å². The summed E-state index contributed by atoms with van der Waals surface area (Å²) in [7, 11) is 0. The highest BCUT2D eigenvalue weighted by atomic mass is 16.5. The van der Waals surface area contributed by atoms with E-state index in [1.54, 1.807) is 0 Å². The molecule has 0 aliphatic carbocycles. The summed E-state index contributed by atoms with van der Waals surface area (Å²) in [6.07, 6.45) is 46.7. The number of carbonyl (C=O) groups excluding carboxylic acids is 1. The first kappa shape index (κ1) is 44.7. The van der Waals surface area contributed by atoms with Crippen molar-refractivity contribution in [3.63, 3.8) is 0 Å². The Labute approximate surface area is 287 Å². The van der Waals surface area contributed by atoms with Crippen LogP contribution in [0.25, 0.3) is 0 Å². The second-order valence-electron chi connectivity index (χ2n) is 14.2. The number of carboxylic acid groups (broad SMARTS) is 1. The van der Waals surface area contributed by atoms with Crippen LogP contribution in [-0.2, 0) is 14.3 Å². The molecule has 0 amide bonds. The minimum atomic E-state index is -0.876. The Morgan fingerprint density at radius 1 is 0.478 bits per heavy atom. The molecule has 4 heteroatoms. The van der Waals surface area contributed by atoms with Gasteiger partial charge in [-0.1, -0.05) is 193 Å². The van der Waals surface area contributed by atoms with E-state index in [0.29, 0.717) is 12.8 Å². The van der Waals surface area contributed by atoms with E-state index in [9.17, 15) is 14.7 Å². The maximum absolute atomic E-state index is 12.4. The van der Waals surface area contributed by atoms with E-state index in [4.69, 9.17) is 4.74 Å². The van der Waals surface area contributed by atoms with Crippen LogP contribution in [0.3, 0.4) is 0 Å². The van der Waals surface area contributed by atoms with Crippen molar-refractivity contribution in [1.82, 2.24) is 0 Å². The fourth-order valence-corrected chi connectivity index (χ4v) is 6.43. The smallest absolute Gasteiger partial charge is 0.307 e. The number of unbranched alkanes of at least 4 members (excludes halogenated alkanes) is 29. The lowest BCUT2D eigenvalue weighted by Crippen LogP contribution is -2.21. The van der Waals surface area contributed by atoms with Gasteiger partial charge in [0.1, 0.15) is 6.10 Å². The third-order valence-electron chi connectivity index (χ3n) is 9.47. The predicted molar refractivity (Wildman–Crippen MR) is 200 cm³/mol. The average Bonchev–Trinajstić information content (AvgIpc) is 3.03. The van der Waals surface area contributed by atoms with E-state index >= 15 is 0 Å². The zero-order chi connectivity index (χ0) is 33.6. The van der Waals surface area contributed by atoms with Crippen molar-refractivity contribution in [2.24, 2.45) is 0 Å². The molecule has 0 bridgehead atoms. The highest BCUT2D eigenvalue weighted by Gasteiger charge is 2.17. The van der Waals surface area contributed by atoms with Crippen molar-refractivity contribution >= 4 is 11.9 Å². The minimum Gasteiger partial charge on any atom is -0.481 e. The van der Waals surface area contributed by atoms with Gasteiger partial charge in [0.2, 0.25) is 0 Å². The summed E-state index contributed by atoms with van der Waals surface area (Å²) in [6, 6.07) is 0. The normalized spacial score (nSPS) is 12.2. The van der Waals surface area contributed by atoms with Crippen LogP contribution in [0.4, 0.5) is 0 Å². The summed E-state index contributed by atoms with van der Waals surface area (Å²) in [5.74, 6) is -1.09. The zero-order valence-electron chi connectivity index (χ0n) is 31.2. The van der Waals surface area contributed by atoms with Gasteiger partial charge in [-0.15, -0.1) is 0 Å². The van der Waals surface area contributed by atoms with Crippen LogP contribution in [0.2, 0.25) is 0 Å². The Bertz CT molecular complexity index is 658. The number of carbonyl (C=O) groups is 2. The Morgan fingerprint density at radius 3 is 1.17 bits per heavy atom. The molecule has 4 nitrogen and oxygen atoms in total. The van der Waals surface area contributed by atoms with Crippen LogP contribution >= 0.6 is 0 Å². The van der Waals surface area contributed by atoms with Crippen LogP contribution in [0.5, 0.6) is 0 Å². The standard InChI is InChI=1S/C42H80O4/c1-3-5-7-9-11-13-15-17-18-19-20-21-22-23-24-26-28-30-32-34-36-38-42(45)46-40(39-41(43)44)37-35-33-31-29-27-25-16-14-12-10-8-6-4-2/h17-18,40H,3-16,19-39H2,1-2H3,(H,43,44)/b18-17-. The molecule has 1 atom stereocenters. The highest BCUT2D eigenvalue weighted by molar-refractivity contribution is 5.71. The number of aliphatic carboxylic acids is 1. The van der Waals surface area contributed by atoms with Gasteiger partial charge in [-0.3, -0.25) is 9.59 Å². The second-order valence-corrected chi connectivity index (χ2v) is 14.2. The molecule has 0 fully saturated rings. The summed E-state index contributed by atoms with van der Waals surface area (Å²) in [4.78, 5) is 23.6. The third-order valence-corrected chi connectivity index (χ3v) is 9.47. The average molecular weight is 649 g/mol. The molecule has 1 unspecified atom stereocenters. The zero-order valence-corrected chi connectivity index (χ0v) is 31.2. The van der Waals surface area contributed by atoms with Crippen LogP contribution in [-0.4, -0.2) is 23.1 Å². The molecular weight excluding hydrogens is 568 g/mol.